The summed E-state index contributed by atoms with van der Waals surface area (Å²) in [4.78, 5) is 13.6. The lowest BCUT2D eigenvalue weighted by atomic mass is 10.2. The fourth-order valence-corrected chi connectivity index (χ4v) is 1.88. The molecule has 6 nitrogen and oxygen atoms in total. The molecule has 0 saturated carbocycles. The quantitative estimate of drug-likeness (QED) is 0.647. The Balaban J connectivity index is 2.70. The van der Waals surface area contributed by atoms with Gasteiger partial charge in [0.15, 0.2) is 0 Å². The van der Waals surface area contributed by atoms with E-state index in [1.54, 1.807) is 32.9 Å². The zero-order valence-corrected chi connectivity index (χ0v) is 13.9. The van der Waals surface area contributed by atoms with Crippen molar-refractivity contribution in [2.75, 3.05) is 18.0 Å². The molecular weight excluding hydrogens is 282 g/mol. The molecule has 0 aliphatic heterocycles. The molecule has 0 aromatic heterocycles. The van der Waals surface area contributed by atoms with Gasteiger partial charge in [0.05, 0.1) is 6.21 Å². The van der Waals surface area contributed by atoms with Crippen molar-refractivity contribution in [2.45, 2.75) is 40.2 Å². The molecule has 0 spiro atoms. The number of aromatic hydroxyl groups is 1. The molecule has 1 rings (SSSR count). The Labute approximate surface area is 131 Å². The van der Waals surface area contributed by atoms with E-state index >= 15 is 0 Å². The number of hydrogen-bond donors (Lipinski definition) is 2. The number of benzene rings is 1. The summed E-state index contributed by atoms with van der Waals surface area (Å²) < 4.78 is 5.05. The zero-order valence-electron chi connectivity index (χ0n) is 13.9. The van der Waals surface area contributed by atoms with E-state index in [1.165, 1.54) is 6.21 Å². The third-order valence-corrected chi connectivity index (χ3v) is 2.90. The second-order valence-electron chi connectivity index (χ2n) is 5.79. The van der Waals surface area contributed by atoms with E-state index in [9.17, 15) is 9.90 Å². The van der Waals surface area contributed by atoms with Gasteiger partial charge in [-0.15, -0.1) is 0 Å². The van der Waals surface area contributed by atoms with Crippen LogP contribution in [-0.2, 0) is 4.74 Å². The number of anilines is 1. The Morgan fingerprint density at radius 1 is 1.36 bits per heavy atom. The minimum absolute atomic E-state index is 0.110. The number of phenols is 1. The van der Waals surface area contributed by atoms with Crippen LogP contribution in [0.1, 0.15) is 40.2 Å². The maximum absolute atomic E-state index is 11.4. The second-order valence-corrected chi connectivity index (χ2v) is 5.79. The molecule has 0 saturated heterocycles. The highest BCUT2D eigenvalue weighted by molar-refractivity contribution is 5.85. The van der Waals surface area contributed by atoms with Gasteiger partial charge in [-0.2, -0.15) is 5.10 Å². The maximum Gasteiger partial charge on any atom is 0.428 e. The molecule has 22 heavy (non-hydrogen) atoms. The largest absolute Gasteiger partial charge is 0.507 e. The van der Waals surface area contributed by atoms with Gasteiger partial charge >= 0.3 is 6.09 Å². The van der Waals surface area contributed by atoms with Crippen LogP contribution < -0.4 is 10.3 Å². The standard InChI is InChI=1S/C16H25N3O3/c1-6-19(7-2)13-9-8-12(14(20)10-13)11-17-18-15(21)22-16(3,4)5/h8-11,20H,6-7H2,1-5H3,(H,18,21)/b17-11-. The van der Waals surface area contributed by atoms with Crippen LogP contribution in [0.25, 0.3) is 0 Å². The van der Waals surface area contributed by atoms with Crippen LogP contribution in [0.15, 0.2) is 23.3 Å². The first-order valence-electron chi connectivity index (χ1n) is 7.36. The summed E-state index contributed by atoms with van der Waals surface area (Å²) in [6.07, 6.45) is 0.744. The lowest BCUT2D eigenvalue weighted by molar-refractivity contribution is 0.0529. The summed E-state index contributed by atoms with van der Waals surface area (Å²) >= 11 is 0. The molecule has 0 fully saturated rings. The van der Waals surface area contributed by atoms with Crippen LogP contribution in [0.3, 0.4) is 0 Å². The molecule has 1 amide bonds. The van der Waals surface area contributed by atoms with Gasteiger partial charge in [-0.1, -0.05) is 0 Å². The Bertz CT molecular complexity index is 532. The second kappa shape index (κ2) is 7.68. The number of ether oxygens (including phenoxy) is 1. The third-order valence-electron chi connectivity index (χ3n) is 2.90. The van der Waals surface area contributed by atoms with Crippen molar-refractivity contribution in [1.29, 1.82) is 0 Å². The van der Waals surface area contributed by atoms with E-state index in [2.05, 4.69) is 29.3 Å². The third kappa shape index (κ3) is 5.63. The molecule has 0 aliphatic carbocycles. The van der Waals surface area contributed by atoms with E-state index in [-0.39, 0.29) is 5.75 Å². The van der Waals surface area contributed by atoms with Crippen molar-refractivity contribution >= 4 is 18.0 Å². The number of amides is 1. The molecule has 0 aliphatic rings. The SMILES string of the molecule is CCN(CC)c1ccc(/C=N\NC(=O)OC(C)(C)C)c(O)c1. The number of carbonyl (C=O) groups excluding carboxylic acids is 1. The number of hydrogen-bond acceptors (Lipinski definition) is 5. The van der Waals surface area contributed by atoms with Crippen molar-refractivity contribution in [3.63, 3.8) is 0 Å². The van der Waals surface area contributed by atoms with Gasteiger partial charge in [-0.3, -0.25) is 0 Å². The maximum atomic E-state index is 11.4. The highest BCUT2D eigenvalue weighted by atomic mass is 16.6. The molecule has 1 aromatic carbocycles. The van der Waals surface area contributed by atoms with Gasteiger partial charge in [-0.25, -0.2) is 10.2 Å². The molecule has 0 unspecified atom stereocenters. The number of nitrogens with one attached hydrogen (secondary N) is 1. The van der Waals surface area contributed by atoms with Crippen molar-refractivity contribution in [3.05, 3.63) is 23.8 Å². The number of hydrazone groups is 1. The summed E-state index contributed by atoms with van der Waals surface area (Å²) in [5.74, 6) is 0.110. The fraction of sp³-hybridized carbons (Fsp3) is 0.500. The van der Waals surface area contributed by atoms with Crippen molar-refractivity contribution in [3.8, 4) is 5.75 Å². The predicted octanol–water partition coefficient (Wildman–Crippen LogP) is 3.10. The summed E-state index contributed by atoms with van der Waals surface area (Å²) in [6, 6.07) is 5.34. The Hall–Kier alpha value is -2.24. The van der Waals surface area contributed by atoms with Crippen LogP contribution >= 0.6 is 0 Å². The van der Waals surface area contributed by atoms with E-state index in [0.717, 1.165) is 18.8 Å². The molecular formula is C16H25N3O3. The molecule has 122 valence electrons. The van der Waals surface area contributed by atoms with Crippen LogP contribution in [0.5, 0.6) is 5.75 Å². The Morgan fingerprint density at radius 2 is 2.00 bits per heavy atom. The van der Waals surface area contributed by atoms with Gasteiger partial charge < -0.3 is 14.7 Å². The smallest absolute Gasteiger partial charge is 0.428 e. The molecule has 0 heterocycles. The van der Waals surface area contributed by atoms with E-state index in [0.29, 0.717) is 5.56 Å². The van der Waals surface area contributed by atoms with Gasteiger partial charge in [-0.05, 0) is 46.8 Å². The van der Waals surface area contributed by atoms with Gasteiger partial charge in [0.25, 0.3) is 0 Å². The minimum atomic E-state index is -0.636. The van der Waals surface area contributed by atoms with Gasteiger partial charge in [0, 0.05) is 30.4 Å². The normalized spacial score (nSPS) is 11.5. The first-order chi connectivity index (χ1) is 10.3. The Morgan fingerprint density at radius 3 is 2.50 bits per heavy atom. The summed E-state index contributed by atoms with van der Waals surface area (Å²) in [5.41, 5.74) is 3.15. The number of nitrogens with zero attached hydrogens (tertiary/aromatic N) is 2. The number of phenolic OH excluding ortho intramolecular Hbond substituents is 1. The highest BCUT2D eigenvalue weighted by Crippen LogP contribution is 2.23. The molecule has 0 bridgehead atoms. The molecule has 6 heteroatoms. The van der Waals surface area contributed by atoms with Gasteiger partial charge in [0.2, 0.25) is 0 Å². The summed E-state index contributed by atoms with van der Waals surface area (Å²) in [6.45, 7) is 11.2. The zero-order chi connectivity index (χ0) is 16.8. The Kier molecular flexibility index (Phi) is 6.22. The summed E-state index contributed by atoms with van der Waals surface area (Å²) in [7, 11) is 0. The van der Waals surface area contributed by atoms with E-state index in [4.69, 9.17) is 4.74 Å². The lowest BCUT2D eigenvalue weighted by Crippen LogP contribution is -2.29. The number of rotatable bonds is 5. The van der Waals surface area contributed by atoms with Crippen LogP contribution in [0.4, 0.5) is 10.5 Å². The van der Waals surface area contributed by atoms with Crippen molar-refractivity contribution in [1.82, 2.24) is 5.43 Å². The van der Waals surface area contributed by atoms with Crippen LogP contribution in [0.2, 0.25) is 0 Å². The first kappa shape index (κ1) is 17.8. The molecule has 0 radical (unpaired) electrons. The number of carbonyl (C=O) groups is 1. The molecule has 0 atom stereocenters. The van der Waals surface area contributed by atoms with Gasteiger partial charge in [0.1, 0.15) is 11.4 Å². The van der Waals surface area contributed by atoms with E-state index < -0.39 is 11.7 Å². The van der Waals surface area contributed by atoms with Crippen LogP contribution in [0, 0.1) is 0 Å². The fourth-order valence-electron chi connectivity index (χ4n) is 1.88. The van der Waals surface area contributed by atoms with Crippen molar-refractivity contribution in [2.24, 2.45) is 5.10 Å². The monoisotopic (exact) mass is 307 g/mol. The average Bonchev–Trinajstić information content (AvgIpc) is 2.40. The molecule has 2 N–H and O–H groups in total. The first-order valence-corrected chi connectivity index (χ1v) is 7.36. The summed E-state index contributed by atoms with van der Waals surface area (Å²) in [5, 5.41) is 13.8. The van der Waals surface area contributed by atoms with Crippen molar-refractivity contribution < 1.29 is 14.6 Å². The lowest BCUT2D eigenvalue weighted by Gasteiger charge is -2.21. The average molecular weight is 307 g/mol. The van der Waals surface area contributed by atoms with Crippen LogP contribution in [-0.4, -0.2) is 36.1 Å². The highest BCUT2D eigenvalue weighted by Gasteiger charge is 2.15. The minimum Gasteiger partial charge on any atom is -0.507 e. The topological polar surface area (TPSA) is 74.2 Å². The van der Waals surface area contributed by atoms with E-state index in [1.807, 2.05) is 6.07 Å². The predicted molar refractivity (Wildman–Crippen MR) is 88.6 cm³/mol. The molecule has 1 aromatic rings.